The van der Waals surface area contributed by atoms with Crippen LogP contribution in [0.15, 0.2) is 85.1 Å². The van der Waals surface area contributed by atoms with Gasteiger partial charge in [0, 0.05) is 6.42 Å². The van der Waals surface area contributed by atoms with E-state index in [2.05, 4.69) is 92.1 Å². The number of unbranched alkanes of at least 4 members (excludes halogenated alkanes) is 29. The van der Waals surface area contributed by atoms with Crippen LogP contribution in [-0.2, 0) is 4.79 Å². The highest BCUT2D eigenvalue weighted by molar-refractivity contribution is 5.76. The van der Waals surface area contributed by atoms with Crippen molar-refractivity contribution in [3.63, 3.8) is 0 Å². The van der Waals surface area contributed by atoms with Crippen molar-refractivity contribution < 1.29 is 15.0 Å². The summed E-state index contributed by atoms with van der Waals surface area (Å²) in [6, 6.07) is -0.637. The van der Waals surface area contributed by atoms with Crippen molar-refractivity contribution in [1.29, 1.82) is 0 Å². The van der Waals surface area contributed by atoms with Crippen LogP contribution < -0.4 is 5.32 Å². The molecule has 0 aromatic rings. The number of carbonyl (C=O) groups excluding carboxylic acids is 1. The number of carbonyl (C=O) groups is 1. The number of aliphatic hydroxyl groups is 2. The third kappa shape index (κ3) is 48.6. The first-order valence-corrected chi connectivity index (χ1v) is 26.8. The second-order valence-electron chi connectivity index (χ2n) is 17.9. The van der Waals surface area contributed by atoms with Crippen LogP contribution in [0.4, 0.5) is 0 Å². The minimum absolute atomic E-state index is 0.0752. The molecule has 1 amide bonds. The normalized spacial score (nSPS) is 13.5. The third-order valence-corrected chi connectivity index (χ3v) is 11.9. The van der Waals surface area contributed by atoms with Crippen molar-refractivity contribution in [2.75, 3.05) is 6.61 Å². The van der Waals surface area contributed by atoms with Crippen LogP contribution in [0.1, 0.15) is 258 Å². The van der Waals surface area contributed by atoms with E-state index >= 15 is 0 Å². The molecule has 0 saturated heterocycles. The molecule has 0 heterocycles. The van der Waals surface area contributed by atoms with Crippen LogP contribution in [0.2, 0.25) is 0 Å². The summed E-state index contributed by atoms with van der Waals surface area (Å²) in [6.45, 7) is 4.13. The molecule has 0 aromatic heterocycles. The molecular formula is C58H103NO3. The van der Waals surface area contributed by atoms with E-state index in [0.717, 1.165) is 64.2 Å². The zero-order valence-electron chi connectivity index (χ0n) is 41.1. The molecule has 358 valence electrons. The number of nitrogens with one attached hydrogen (secondary N) is 1. The smallest absolute Gasteiger partial charge is 0.220 e. The minimum atomic E-state index is -0.860. The van der Waals surface area contributed by atoms with Crippen LogP contribution in [0.3, 0.4) is 0 Å². The molecule has 0 aliphatic carbocycles. The van der Waals surface area contributed by atoms with Gasteiger partial charge in [0.05, 0.1) is 18.8 Å². The van der Waals surface area contributed by atoms with Gasteiger partial charge in [0.2, 0.25) is 5.91 Å². The molecular weight excluding hydrogens is 759 g/mol. The van der Waals surface area contributed by atoms with Gasteiger partial charge in [-0.25, -0.2) is 0 Å². The Balaban J connectivity index is 3.39. The van der Waals surface area contributed by atoms with Gasteiger partial charge in [0.1, 0.15) is 0 Å². The maximum Gasteiger partial charge on any atom is 0.220 e. The summed E-state index contributed by atoms with van der Waals surface area (Å²) >= 11 is 0. The monoisotopic (exact) mass is 862 g/mol. The van der Waals surface area contributed by atoms with E-state index in [1.54, 1.807) is 6.08 Å². The standard InChI is InChI=1S/C58H103NO3/c1-3-5-7-9-11-13-14-15-16-17-18-19-20-21-22-23-24-25-26-27-28-29-30-31-32-33-34-35-36-37-38-39-40-41-42-43-44-46-48-50-52-54-58(62)59-56(55-60)57(61)53-51-49-47-45-12-10-8-6-4-2/h5,7,11-13,15-16,18-19,21-22,45,51,53,56-57,60-61H,3-4,6,8-10,14,17,20,23-44,46-50,52,54-55H2,1-2H3,(H,59,62)/b7-5-,13-11-,16-15-,19-18-,22-21-,45-12+,53-51+. The molecule has 4 nitrogen and oxygen atoms in total. The van der Waals surface area contributed by atoms with E-state index in [1.165, 1.54) is 173 Å². The summed E-state index contributed by atoms with van der Waals surface area (Å²) in [7, 11) is 0. The number of aliphatic hydroxyl groups excluding tert-OH is 2. The Morgan fingerprint density at radius 2 is 0.726 bits per heavy atom. The Kier molecular flexibility index (Phi) is 50.8. The third-order valence-electron chi connectivity index (χ3n) is 11.9. The lowest BCUT2D eigenvalue weighted by molar-refractivity contribution is -0.123. The second kappa shape index (κ2) is 52.9. The molecule has 4 heteroatoms. The van der Waals surface area contributed by atoms with Crippen molar-refractivity contribution in [2.24, 2.45) is 0 Å². The van der Waals surface area contributed by atoms with Gasteiger partial charge in [-0.1, -0.05) is 259 Å². The highest BCUT2D eigenvalue weighted by atomic mass is 16.3. The zero-order chi connectivity index (χ0) is 44.9. The van der Waals surface area contributed by atoms with Crippen molar-refractivity contribution in [1.82, 2.24) is 5.32 Å². The van der Waals surface area contributed by atoms with Crippen LogP contribution >= 0.6 is 0 Å². The fourth-order valence-electron chi connectivity index (χ4n) is 7.81. The first-order valence-electron chi connectivity index (χ1n) is 26.8. The molecule has 0 rings (SSSR count). The van der Waals surface area contributed by atoms with Crippen molar-refractivity contribution in [3.8, 4) is 0 Å². The molecule has 62 heavy (non-hydrogen) atoms. The average molecular weight is 862 g/mol. The maximum atomic E-state index is 12.4. The Hall–Kier alpha value is -2.43. The largest absolute Gasteiger partial charge is 0.394 e. The molecule has 3 N–H and O–H groups in total. The summed E-state index contributed by atoms with van der Waals surface area (Å²) in [5.74, 6) is -0.0752. The van der Waals surface area contributed by atoms with Crippen LogP contribution in [0, 0.1) is 0 Å². The molecule has 0 aromatic carbocycles. The molecule has 0 radical (unpaired) electrons. The Morgan fingerprint density at radius 3 is 1.13 bits per heavy atom. The summed E-state index contributed by atoms with van der Waals surface area (Å²) in [5, 5.41) is 22.9. The van der Waals surface area contributed by atoms with E-state index in [0.29, 0.717) is 6.42 Å². The SMILES string of the molecule is CC/C=C\C/C=C\C/C=C\C/C=C\C/C=C\CCCCCCCCCCCCCCCCCCCCCCCCCCCC(=O)NC(CO)C(O)/C=C/CC/C=C/CCCCC. The Morgan fingerprint density at radius 1 is 0.403 bits per heavy atom. The van der Waals surface area contributed by atoms with Crippen molar-refractivity contribution in [2.45, 2.75) is 270 Å². The van der Waals surface area contributed by atoms with Gasteiger partial charge in [-0.2, -0.15) is 0 Å². The predicted molar refractivity (Wildman–Crippen MR) is 276 cm³/mol. The lowest BCUT2D eigenvalue weighted by Gasteiger charge is -2.19. The van der Waals surface area contributed by atoms with E-state index in [-0.39, 0.29) is 12.5 Å². The summed E-state index contributed by atoms with van der Waals surface area (Å²) in [4.78, 5) is 12.4. The van der Waals surface area contributed by atoms with Crippen molar-refractivity contribution >= 4 is 5.91 Å². The topological polar surface area (TPSA) is 69.6 Å². The summed E-state index contributed by atoms with van der Waals surface area (Å²) < 4.78 is 0. The van der Waals surface area contributed by atoms with Gasteiger partial charge in [0.15, 0.2) is 0 Å². The molecule has 0 fully saturated rings. The van der Waals surface area contributed by atoms with Crippen molar-refractivity contribution in [3.05, 3.63) is 85.1 Å². The van der Waals surface area contributed by atoms with Crippen LogP contribution in [-0.4, -0.2) is 34.9 Å². The van der Waals surface area contributed by atoms with E-state index in [1.807, 2.05) is 6.08 Å². The number of hydrogen-bond acceptors (Lipinski definition) is 3. The molecule has 2 unspecified atom stereocenters. The molecule has 0 aliphatic heterocycles. The summed E-state index contributed by atoms with van der Waals surface area (Å²) in [6.07, 6.45) is 77.7. The second-order valence-corrected chi connectivity index (χ2v) is 17.9. The Bertz CT molecular complexity index is 1110. The molecule has 0 aliphatic rings. The number of allylic oxidation sites excluding steroid dienone is 13. The fraction of sp³-hybridized carbons (Fsp3) is 0.741. The maximum absolute atomic E-state index is 12.4. The first-order chi connectivity index (χ1) is 30.7. The van der Waals surface area contributed by atoms with Gasteiger partial charge < -0.3 is 15.5 Å². The quantitative estimate of drug-likeness (QED) is 0.0422. The molecule has 0 saturated carbocycles. The Labute approximate surface area is 386 Å². The fourth-order valence-corrected chi connectivity index (χ4v) is 7.81. The van der Waals surface area contributed by atoms with Gasteiger partial charge in [0.25, 0.3) is 0 Å². The minimum Gasteiger partial charge on any atom is -0.394 e. The van der Waals surface area contributed by atoms with Gasteiger partial charge in [-0.05, 0) is 77.0 Å². The average Bonchev–Trinajstić information content (AvgIpc) is 3.28. The lowest BCUT2D eigenvalue weighted by Crippen LogP contribution is -2.45. The first kappa shape index (κ1) is 59.6. The van der Waals surface area contributed by atoms with Gasteiger partial charge >= 0.3 is 0 Å². The lowest BCUT2D eigenvalue weighted by atomic mass is 10.0. The van der Waals surface area contributed by atoms with E-state index in [4.69, 9.17) is 0 Å². The molecule has 0 bridgehead atoms. The van der Waals surface area contributed by atoms with Gasteiger partial charge in [-0.3, -0.25) is 4.79 Å². The molecule has 2 atom stereocenters. The van der Waals surface area contributed by atoms with E-state index in [9.17, 15) is 15.0 Å². The highest BCUT2D eigenvalue weighted by Gasteiger charge is 2.17. The number of rotatable bonds is 48. The number of hydrogen-bond donors (Lipinski definition) is 3. The zero-order valence-corrected chi connectivity index (χ0v) is 41.1. The summed E-state index contributed by atoms with van der Waals surface area (Å²) in [5.41, 5.74) is 0. The molecule has 0 spiro atoms. The highest BCUT2D eigenvalue weighted by Crippen LogP contribution is 2.16. The van der Waals surface area contributed by atoms with E-state index < -0.39 is 12.1 Å². The number of amides is 1. The van der Waals surface area contributed by atoms with Crippen LogP contribution in [0.25, 0.3) is 0 Å². The van der Waals surface area contributed by atoms with Gasteiger partial charge in [-0.15, -0.1) is 0 Å². The predicted octanol–water partition coefficient (Wildman–Crippen LogP) is 17.6. The van der Waals surface area contributed by atoms with Crippen LogP contribution in [0.5, 0.6) is 0 Å².